The number of allylic oxidation sites excluding steroid dienone is 5. The quantitative estimate of drug-likeness (QED) is 0.141. The summed E-state index contributed by atoms with van der Waals surface area (Å²) in [5.41, 5.74) is -6.05. The van der Waals surface area contributed by atoms with Crippen molar-refractivity contribution in [3.63, 3.8) is 0 Å². The van der Waals surface area contributed by atoms with Gasteiger partial charge in [0.1, 0.15) is 5.60 Å². The second-order valence-electron chi connectivity index (χ2n) is 23.3. The fraction of sp³-hybridized carbons (Fsp3) is 0.788. The van der Waals surface area contributed by atoms with Crippen molar-refractivity contribution < 1.29 is 55.5 Å². The van der Waals surface area contributed by atoms with Gasteiger partial charge in [-0.05, 0) is 127 Å². The summed E-state index contributed by atoms with van der Waals surface area (Å²) in [4.78, 5) is 15.7. The maximum Gasteiger partial charge on any atom is 0.182 e. The zero-order valence-electron chi connectivity index (χ0n) is 39.1. The molecule has 366 valence electrons. The summed E-state index contributed by atoms with van der Waals surface area (Å²) < 4.78 is 7.00. The van der Waals surface area contributed by atoms with Crippen LogP contribution in [-0.4, -0.2) is 130 Å². The monoisotopic (exact) mass is 920 g/mol. The summed E-state index contributed by atoms with van der Waals surface area (Å²) in [6, 6.07) is 0. The van der Waals surface area contributed by atoms with E-state index in [1.807, 2.05) is 36.6 Å². The highest BCUT2D eigenvalue weighted by atomic mass is 16.5. The molecule has 2 bridgehead atoms. The minimum absolute atomic E-state index is 0.00381. The van der Waals surface area contributed by atoms with Crippen molar-refractivity contribution in [2.45, 2.75) is 189 Å². The molecule has 2 aliphatic heterocycles. The van der Waals surface area contributed by atoms with Gasteiger partial charge in [-0.1, -0.05) is 56.6 Å². The van der Waals surface area contributed by atoms with E-state index < -0.39 is 111 Å². The molecule has 0 amide bonds. The van der Waals surface area contributed by atoms with E-state index in [-0.39, 0.29) is 81.2 Å². The number of hydrogen-bond donors (Lipinski definition) is 12. The van der Waals surface area contributed by atoms with Crippen molar-refractivity contribution in [2.24, 2.45) is 57.0 Å². The Bertz CT molecular complexity index is 2110. The SMILES string of the molecule is CCCC1CCC2OC3C(C(O)CCCC3(O)C(C)(O)C3CCC4(O)C5=C(NCC(C)O)C(=O)C6CC(O)C(O)CC67CC6(C8=CNC(N)C=C8)C=CC(O)(CC34CCO)C57C=C6)C2CC1. The van der Waals surface area contributed by atoms with Gasteiger partial charge in [0, 0.05) is 53.0 Å². The first-order chi connectivity index (χ1) is 31.2. The first kappa shape index (κ1) is 47.2. The Kier molecular flexibility index (Phi) is 11.5. The van der Waals surface area contributed by atoms with Crippen molar-refractivity contribution in [1.82, 2.24) is 10.6 Å². The Morgan fingerprint density at radius 2 is 1.74 bits per heavy atom. The van der Waals surface area contributed by atoms with Crippen LogP contribution in [0.15, 0.2) is 59.5 Å². The normalized spacial score (nSPS) is 51.5. The van der Waals surface area contributed by atoms with E-state index in [1.165, 1.54) is 0 Å². The number of rotatable bonds is 10. The lowest BCUT2D eigenvalue weighted by molar-refractivity contribution is -0.275. The number of dihydropyridines is 1. The molecule has 2 heterocycles. The van der Waals surface area contributed by atoms with Gasteiger partial charge >= 0.3 is 0 Å². The molecule has 66 heavy (non-hydrogen) atoms. The minimum Gasteiger partial charge on any atom is -0.396 e. The predicted octanol–water partition coefficient (Wildman–Crippen LogP) is 2.40. The highest BCUT2D eigenvalue weighted by molar-refractivity contribution is 6.01. The van der Waals surface area contributed by atoms with Gasteiger partial charge in [0.25, 0.3) is 0 Å². The van der Waals surface area contributed by atoms with Crippen LogP contribution in [0.25, 0.3) is 0 Å². The Balaban J connectivity index is 1.17. The Morgan fingerprint density at radius 1 is 0.985 bits per heavy atom. The summed E-state index contributed by atoms with van der Waals surface area (Å²) in [6.07, 6.45) is 14.3. The van der Waals surface area contributed by atoms with E-state index in [1.54, 1.807) is 19.9 Å². The number of Topliss-reactive ketones (excluding diaryl/α,β-unsaturated/α-hetero) is 1. The van der Waals surface area contributed by atoms with Crippen LogP contribution >= 0.6 is 0 Å². The number of carbonyl (C=O) groups is 1. The molecule has 1 saturated heterocycles. The Labute approximate surface area is 389 Å². The lowest BCUT2D eigenvalue weighted by Crippen LogP contribution is -2.77. The molecule has 14 nitrogen and oxygen atoms in total. The third kappa shape index (κ3) is 6.15. The molecule has 20 atom stereocenters. The van der Waals surface area contributed by atoms with Gasteiger partial charge in [-0.15, -0.1) is 0 Å². The lowest BCUT2D eigenvalue weighted by Gasteiger charge is -2.73. The average molecular weight is 920 g/mol. The standard InChI is InChI=1S/C52H77N3O11/c1-4-6-30-8-11-32-37(12-9-30)66-44-40(32)34(58)7-5-15-52(44,65)45(3,62)38-14-16-51(64)43-41(55-25-29(2)57)42(61)33-23-35(59)36(60)24-48(33)27-46(31-10-13-39(53)54-26-31)17-19-49(63,50(43,48)20-18-46)28-47(38,51)21-22-56/h10,13,17-20,26,29-30,32-40,44,54-60,62-65H,4-9,11-12,14-16,21-25,27-28,53H2,1-3H3. The molecule has 0 radical (unpaired) electrons. The number of fused-ring (bicyclic) bond motifs is 5. The second kappa shape index (κ2) is 16.0. The van der Waals surface area contributed by atoms with Gasteiger partial charge in [0.05, 0.1) is 70.7 Å². The van der Waals surface area contributed by atoms with E-state index in [4.69, 9.17) is 10.5 Å². The number of hydrogen-bond acceptors (Lipinski definition) is 14. The molecule has 11 aliphatic rings. The molecular weight excluding hydrogens is 843 g/mol. The van der Waals surface area contributed by atoms with Gasteiger partial charge in [-0.2, -0.15) is 0 Å². The van der Waals surface area contributed by atoms with E-state index >= 15 is 4.79 Å². The van der Waals surface area contributed by atoms with Crippen LogP contribution in [-0.2, 0) is 9.53 Å². The zero-order chi connectivity index (χ0) is 47.0. The molecule has 9 aliphatic carbocycles. The maximum atomic E-state index is 15.7. The molecule has 2 spiro atoms. The van der Waals surface area contributed by atoms with Crippen molar-refractivity contribution in [1.29, 1.82) is 0 Å². The number of aliphatic hydroxyl groups excluding tert-OH is 5. The molecule has 0 aromatic heterocycles. The highest BCUT2D eigenvalue weighted by Gasteiger charge is 2.84. The lowest BCUT2D eigenvalue weighted by atomic mass is 9.31. The summed E-state index contributed by atoms with van der Waals surface area (Å²) >= 11 is 0. The van der Waals surface area contributed by atoms with Crippen molar-refractivity contribution in [2.75, 3.05) is 13.2 Å². The van der Waals surface area contributed by atoms with E-state index in [9.17, 15) is 46.0 Å². The van der Waals surface area contributed by atoms with Gasteiger partial charge in [0.2, 0.25) is 0 Å². The van der Waals surface area contributed by atoms with E-state index in [2.05, 4.69) is 17.6 Å². The van der Waals surface area contributed by atoms with Crippen LogP contribution in [0.3, 0.4) is 0 Å². The number of aliphatic hydroxyl groups is 9. The fourth-order valence-electron chi connectivity index (χ4n) is 17.5. The van der Waals surface area contributed by atoms with Crippen LogP contribution in [0.5, 0.6) is 0 Å². The molecule has 20 unspecified atom stereocenters. The first-order valence-corrected chi connectivity index (χ1v) is 25.5. The van der Waals surface area contributed by atoms with Crippen LogP contribution < -0.4 is 16.4 Å². The maximum absolute atomic E-state index is 15.7. The largest absolute Gasteiger partial charge is 0.396 e. The molecule has 0 aromatic rings. The summed E-state index contributed by atoms with van der Waals surface area (Å²) in [6.45, 7) is 4.87. The number of ketones is 1. The molecule has 13 N–H and O–H groups in total. The Hall–Kier alpha value is -2.47. The molecule has 14 heteroatoms. The number of ether oxygens (including phenoxy) is 1. The topological polar surface area (TPSA) is 258 Å². The number of nitrogens with two attached hydrogens (primary N) is 1. The van der Waals surface area contributed by atoms with E-state index in [0.717, 1.165) is 44.1 Å². The number of carbonyl (C=O) groups excluding carboxylic acids is 1. The van der Waals surface area contributed by atoms with Crippen molar-refractivity contribution in [3.8, 4) is 0 Å². The Morgan fingerprint density at radius 3 is 2.45 bits per heavy atom. The predicted molar refractivity (Wildman–Crippen MR) is 244 cm³/mol. The fourth-order valence-corrected chi connectivity index (χ4v) is 17.5. The van der Waals surface area contributed by atoms with Crippen molar-refractivity contribution >= 4 is 5.78 Å². The minimum atomic E-state index is -2.03. The summed E-state index contributed by atoms with van der Waals surface area (Å²) in [7, 11) is 0. The third-order valence-electron chi connectivity index (χ3n) is 20.2. The van der Waals surface area contributed by atoms with Crippen molar-refractivity contribution in [3.05, 3.63) is 59.5 Å². The van der Waals surface area contributed by atoms with Crippen LogP contribution in [0.2, 0.25) is 0 Å². The number of nitrogens with one attached hydrogen (secondary N) is 2. The molecule has 11 rings (SSSR count). The van der Waals surface area contributed by atoms with Gasteiger partial charge in [-0.25, -0.2) is 0 Å². The van der Waals surface area contributed by atoms with Crippen LogP contribution in [0.1, 0.15) is 124 Å². The summed E-state index contributed by atoms with van der Waals surface area (Å²) in [5.74, 6) is -2.20. The van der Waals surface area contributed by atoms with Gasteiger partial charge in [0.15, 0.2) is 5.78 Å². The van der Waals surface area contributed by atoms with Gasteiger partial charge in [-0.3, -0.25) is 4.79 Å². The van der Waals surface area contributed by atoms with E-state index in [0.29, 0.717) is 18.8 Å². The first-order valence-electron chi connectivity index (χ1n) is 25.5. The molecule has 0 aromatic carbocycles. The zero-order valence-corrected chi connectivity index (χ0v) is 39.1. The highest BCUT2D eigenvalue weighted by Crippen LogP contribution is 2.82. The molecular formula is C52H77N3O11. The smallest absolute Gasteiger partial charge is 0.182 e. The molecule has 6 fully saturated rings. The van der Waals surface area contributed by atoms with Crippen LogP contribution in [0, 0.1) is 51.2 Å². The third-order valence-corrected chi connectivity index (χ3v) is 20.2. The van der Waals surface area contributed by atoms with Gasteiger partial charge < -0.3 is 67.1 Å². The van der Waals surface area contributed by atoms with Crippen LogP contribution in [0.4, 0.5) is 0 Å². The average Bonchev–Trinajstić information content (AvgIpc) is 3.56. The molecule has 5 saturated carbocycles. The second-order valence-corrected chi connectivity index (χ2v) is 23.3. The summed E-state index contributed by atoms with van der Waals surface area (Å²) in [5, 5.41) is 120.